The summed E-state index contributed by atoms with van der Waals surface area (Å²) in [7, 11) is 0. The van der Waals surface area contributed by atoms with Crippen molar-refractivity contribution in [3.63, 3.8) is 0 Å². The minimum Gasteiger partial charge on any atom is -0.494 e. The lowest BCUT2D eigenvalue weighted by atomic mass is 9.99. The van der Waals surface area contributed by atoms with E-state index in [2.05, 4.69) is 44.7 Å². The van der Waals surface area contributed by atoms with Crippen LogP contribution < -0.4 is 4.74 Å². The van der Waals surface area contributed by atoms with E-state index in [1.807, 2.05) is 6.08 Å². The summed E-state index contributed by atoms with van der Waals surface area (Å²) < 4.78 is 5.73. The maximum Gasteiger partial charge on any atom is 0.119 e. The monoisotopic (exact) mass is 246 g/mol. The quantitative estimate of drug-likeness (QED) is 0.423. The Morgan fingerprint density at radius 3 is 2.50 bits per heavy atom. The van der Waals surface area contributed by atoms with E-state index in [1.165, 1.54) is 24.8 Å². The lowest BCUT2D eigenvalue weighted by molar-refractivity contribution is 0.305. The highest BCUT2D eigenvalue weighted by Crippen LogP contribution is 2.21. The van der Waals surface area contributed by atoms with Gasteiger partial charge in [0.1, 0.15) is 5.75 Å². The fourth-order valence-electron chi connectivity index (χ4n) is 1.89. The van der Waals surface area contributed by atoms with Crippen LogP contribution in [0.2, 0.25) is 0 Å². The van der Waals surface area contributed by atoms with Crippen molar-refractivity contribution in [3.8, 4) is 5.75 Å². The molecule has 0 aromatic heterocycles. The Balaban J connectivity index is 2.24. The molecule has 0 bridgehead atoms. The molecule has 0 aliphatic carbocycles. The normalized spacial score (nSPS) is 12.1. The summed E-state index contributed by atoms with van der Waals surface area (Å²) in [5.74, 6) is 1.63. The molecule has 0 saturated carbocycles. The molecule has 100 valence electrons. The summed E-state index contributed by atoms with van der Waals surface area (Å²) in [6.07, 6.45) is 7.85. The van der Waals surface area contributed by atoms with Gasteiger partial charge in [-0.05, 0) is 55.7 Å². The van der Waals surface area contributed by atoms with Crippen molar-refractivity contribution < 1.29 is 4.74 Å². The van der Waals surface area contributed by atoms with Crippen LogP contribution in [0.1, 0.15) is 57.4 Å². The number of rotatable bonds is 9. The standard InChI is InChI=1S/C17H26O/c1-4-6-7-8-9-14-18-17-12-10-16(11-13-17)15(3)5-2/h4,10-13,15H,1,5-9,14H2,2-3H3. The van der Waals surface area contributed by atoms with Crippen molar-refractivity contribution in [2.45, 2.75) is 51.9 Å². The van der Waals surface area contributed by atoms with Gasteiger partial charge >= 0.3 is 0 Å². The van der Waals surface area contributed by atoms with Gasteiger partial charge < -0.3 is 4.74 Å². The van der Waals surface area contributed by atoms with Gasteiger partial charge in [0.25, 0.3) is 0 Å². The summed E-state index contributed by atoms with van der Waals surface area (Å²) in [6.45, 7) is 9.02. The molecule has 0 aliphatic heterocycles. The average molecular weight is 246 g/mol. The lowest BCUT2D eigenvalue weighted by Gasteiger charge is -2.10. The highest BCUT2D eigenvalue weighted by atomic mass is 16.5. The minimum absolute atomic E-state index is 0.637. The van der Waals surface area contributed by atoms with Gasteiger partial charge in [0.2, 0.25) is 0 Å². The molecule has 0 fully saturated rings. The van der Waals surface area contributed by atoms with Gasteiger partial charge in [-0.25, -0.2) is 0 Å². The van der Waals surface area contributed by atoms with Crippen LogP contribution in [0.4, 0.5) is 0 Å². The molecule has 1 heteroatoms. The van der Waals surface area contributed by atoms with Crippen molar-refractivity contribution in [2.24, 2.45) is 0 Å². The van der Waals surface area contributed by atoms with E-state index in [9.17, 15) is 0 Å². The Bertz CT molecular complexity index is 326. The largest absolute Gasteiger partial charge is 0.494 e. The molecular formula is C17H26O. The Labute approximate surface area is 112 Å². The van der Waals surface area contributed by atoms with E-state index in [4.69, 9.17) is 4.74 Å². The summed E-state index contributed by atoms with van der Waals surface area (Å²) in [4.78, 5) is 0. The first-order chi connectivity index (χ1) is 8.77. The SMILES string of the molecule is C=CCCCCCOc1ccc(C(C)CC)cc1. The van der Waals surface area contributed by atoms with Crippen LogP contribution in [0.25, 0.3) is 0 Å². The van der Waals surface area contributed by atoms with Crippen molar-refractivity contribution in [1.82, 2.24) is 0 Å². The second kappa shape index (κ2) is 8.79. The van der Waals surface area contributed by atoms with E-state index in [-0.39, 0.29) is 0 Å². The Hall–Kier alpha value is -1.24. The molecular weight excluding hydrogens is 220 g/mol. The number of unbranched alkanes of at least 4 members (excludes halogenated alkanes) is 3. The molecule has 18 heavy (non-hydrogen) atoms. The molecule has 1 unspecified atom stereocenters. The number of allylic oxidation sites excluding steroid dienone is 1. The van der Waals surface area contributed by atoms with Crippen LogP contribution in [-0.4, -0.2) is 6.61 Å². The molecule has 1 atom stereocenters. The predicted molar refractivity (Wildman–Crippen MR) is 79.3 cm³/mol. The fraction of sp³-hybridized carbons (Fsp3) is 0.529. The zero-order valence-electron chi connectivity index (χ0n) is 11.8. The molecule has 0 heterocycles. The van der Waals surface area contributed by atoms with Gasteiger partial charge in [0.05, 0.1) is 6.61 Å². The summed E-state index contributed by atoms with van der Waals surface area (Å²) in [5.41, 5.74) is 1.40. The first-order valence-electron chi connectivity index (χ1n) is 7.11. The second-order valence-corrected chi connectivity index (χ2v) is 4.86. The van der Waals surface area contributed by atoms with Gasteiger partial charge in [0, 0.05) is 0 Å². The zero-order valence-corrected chi connectivity index (χ0v) is 11.8. The third kappa shape index (κ3) is 5.39. The molecule has 1 nitrogen and oxygen atoms in total. The molecule has 1 aromatic carbocycles. The summed E-state index contributed by atoms with van der Waals surface area (Å²) in [5, 5.41) is 0. The molecule has 0 saturated heterocycles. The van der Waals surface area contributed by atoms with Crippen molar-refractivity contribution in [3.05, 3.63) is 42.5 Å². The van der Waals surface area contributed by atoms with Gasteiger partial charge in [-0.1, -0.05) is 32.1 Å². The molecule has 1 rings (SSSR count). The fourth-order valence-corrected chi connectivity index (χ4v) is 1.89. The molecule has 0 N–H and O–H groups in total. The van der Waals surface area contributed by atoms with Crippen LogP contribution in [0, 0.1) is 0 Å². The molecule has 1 aromatic rings. The van der Waals surface area contributed by atoms with E-state index in [1.54, 1.807) is 0 Å². The Morgan fingerprint density at radius 1 is 1.17 bits per heavy atom. The highest BCUT2D eigenvalue weighted by Gasteiger charge is 2.02. The van der Waals surface area contributed by atoms with Gasteiger partial charge in [-0.2, -0.15) is 0 Å². The third-order valence-electron chi connectivity index (χ3n) is 3.38. The molecule has 0 aliphatic rings. The topological polar surface area (TPSA) is 9.23 Å². The number of ether oxygens (including phenoxy) is 1. The highest BCUT2D eigenvalue weighted by molar-refractivity contribution is 5.29. The first-order valence-corrected chi connectivity index (χ1v) is 7.11. The van der Waals surface area contributed by atoms with Crippen LogP contribution in [0.3, 0.4) is 0 Å². The maximum atomic E-state index is 5.73. The summed E-state index contributed by atoms with van der Waals surface area (Å²) >= 11 is 0. The third-order valence-corrected chi connectivity index (χ3v) is 3.38. The predicted octanol–water partition coefficient (Wildman–Crippen LogP) is 5.33. The minimum atomic E-state index is 0.637. The maximum absolute atomic E-state index is 5.73. The van der Waals surface area contributed by atoms with Crippen LogP contribution in [0.15, 0.2) is 36.9 Å². The number of benzene rings is 1. The van der Waals surface area contributed by atoms with Crippen molar-refractivity contribution in [1.29, 1.82) is 0 Å². The Kier molecular flexibility index (Phi) is 7.24. The van der Waals surface area contributed by atoms with Gasteiger partial charge in [0.15, 0.2) is 0 Å². The zero-order chi connectivity index (χ0) is 13.2. The van der Waals surface area contributed by atoms with Crippen molar-refractivity contribution in [2.75, 3.05) is 6.61 Å². The van der Waals surface area contributed by atoms with Crippen LogP contribution in [-0.2, 0) is 0 Å². The van der Waals surface area contributed by atoms with Crippen LogP contribution >= 0.6 is 0 Å². The number of hydrogen-bond acceptors (Lipinski definition) is 1. The van der Waals surface area contributed by atoms with Crippen LogP contribution in [0.5, 0.6) is 5.75 Å². The molecule has 0 spiro atoms. The van der Waals surface area contributed by atoms with Crippen molar-refractivity contribution >= 4 is 0 Å². The molecule has 0 amide bonds. The smallest absolute Gasteiger partial charge is 0.119 e. The summed E-state index contributed by atoms with van der Waals surface area (Å²) in [6, 6.07) is 8.54. The van der Waals surface area contributed by atoms with Gasteiger partial charge in [-0.15, -0.1) is 6.58 Å². The Morgan fingerprint density at radius 2 is 1.89 bits per heavy atom. The number of hydrogen-bond donors (Lipinski definition) is 0. The second-order valence-electron chi connectivity index (χ2n) is 4.86. The van der Waals surface area contributed by atoms with E-state index in [0.717, 1.165) is 25.2 Å². The van der Waals surface area contributed by atoms with Gasteiger partial charge in [-0.3, -0.25) is 0 Å². The molecule has 0 radical (unpaired) electrons. The van der Waals surface area contributed by atoms with E-state index < -0.39 is 0 Å². The van der Waals surface area contributed by atoms with E-state index in [0.29, 0.717) is 5.92 Å². The lowest BCUT2D eigenvalue weighted by Crippen LogP contribution is -1.98. The first kappa shape index (κ1) is 14.8. The average Bonchev–Trinajstić information content (AvgIpc) is 2.42. The van der Waals surface area contributed by atoms with E-state index >= 15 is 0 Å².